The van der Waals surface area contributed by atoms with Crippen LogP contribution in [0.2, 0.25) is 0 Å². The summed E-state index contributed by atoms with van der Waals surface area (Å²) in [7, 11) is 0. The molecule has 1 fully saturated rings. The summed E-state index contributed by atoms with van der Waals surface area (Å²) in [5, 5.41) is 10.8. The van der Waals surface area contributed by atoms with Crippen molar-refractivity contribution in [3.05, 3.63) is 40.6 Å². The molecule has 4 rings (SSSR count). The van der Waals surface area contributed by atoms with Gasteiger partial charge in [-0.1, -0.05) is 0 Å². The van der Waals surface area contributed by atoms with Crippen LogP contribution in [0.4, 0.5) is 32.0 Å². The van der Waals surface area contributed by atoms with Crippen molar-refractivity contribution in [3.63, 3.8) is 0 Å². The third-order valence-electron chi connectivity index (χ3n) is 4.42. The summed E-state index contributed by atoms with van der Waals surface area (Å²) in [5.41, 5.74) is -3.64. The molecule has 0 unspecified atom stereocenters. The van der Waals surface area contributed by atoms with Crippen LogP contribution in [-0.4, -0.2) is 30.7 Å². The maximum atomic E-state index is 13.4. The van der Waals surface area contributed by atoms with Gasteiger partial charge in [0, 0.05) is 17.7 Å². The van der Waals surface area contributed by atoms with E-state index in [0.717, 1.165) is 12.1 Å². The van der Waals surface area contributed by atoms with Gasteiger partial charge in [-0.05, 0) is 25.8 Å². The van der Waals surface area contributed by atoms with Crippen molar-refractivity contribution in [2.24, 2.45) is 0 Å². The highest BCUT2D eigenvalue weighted by Gasteiger charge is 2.39. The highest BCUT2D eigenvalue weighted by molar-refractivity contribution is 6.04. The van der Waals surface area contributed by atoms with Gasteiger partial charge in [0.05, 0.1) is 11.4 Å². The average Bonchev–Trinajstić information content (AvgIpc) is 3.25. The minimum Gasteiger partial charge on any atom is -0.317 e. The Morgan fingerprint density at radius 2 is 1.86 bits per heavy atom. The van der Waals surface area contributed by atoms with Crippen LogP contribution in [0.5, 0.6) is 0 Å². The molecule has 3 aromatic rings. The molecule has 2 N–H and O–H groups in total. The molecule has 0 spiro atoms. The Morgan fingerprint density at radius 1 is 1.17 bits per heavy atom. The van der Waals surface area contributed by atoms with Crippen LogP contribution in [0.3, 0.4) is 0 Å². The Kier molecular flexibility index (Phi) is 4.10. The van der Waals surface area contributed by atoms with Gasteiger partial charge in [-0.25, -0.2) is 9.50 Å². The molecular weight excluding hydrogens is 406 g/mol. The molecule has 29 heavy (non-hydrogen) atoms. The Balaban J connectivity index is 1.74. The van der Waals surface area contributed by atoms with E-state index in [4.69, 9.17) is 0 Å². The highest BCUT2D eigenvalue weighted by atomic mass is 19.4. The first kappa shape index (κ1) is 19.2. The Hall–Kier alpha value is -3.12. The lowest BCUT2D eigenvalue weighted by molar-refractivity contribution is -0.143. The third kappa shape index (κ3) is 3.51. The van der Waals surface area contributed by atoms with Gasteiger partial charge in [0.15, 0.2) is 17.0 Å². The number of fused-ring (bicyclic) bond motifs is 1. The Morgan fingerprint density at radius 3 is 2.45 bits per heavy atom. The van der Waals surface area contributed by atoms with E-state index in [0.29, 0.717) is 17.4 Å². The first-order chi connectivity index (χ1) is 13.4. The van der Waals surface area contributed by atoms with Gasteiger partial charge in [0.25, 0.3) is 5.91 Å². The summed E-state index contributed by atoms with van der Waals surface area (Å²) in [6, 6.07) is 1.88. The van der Waals surface area contributed by atoms with Crippen LogP contribution in [-0.2, 0) is 12.4 Å². The maximum absolute atomic E-state index is 13.4. The molecule has 154 valence electrons. The van der Waals surface area contributed by atoms with Crippen LogP contribution in [0.15, 0.2) is 12.1 Å². The molecule has 1 amide bonds. The van der Waals surface area contributed by atoms with Gasteiger partial charge < -0.3 is 5.32 Å². The Bertz CT molecular complexity index is 1110. The number of aromatic amines is 1. The van der Waals surface area contributed by atoms with Crippen molar-refractivity contribution in [1.29, 1.82) is 0 Å². The van der Waals surface area contributed by atoms with E-state index < -0.39 is 41.0 Å². The molecule has 0 aliphatic heterocycles. The number of aryl methyl sites for hydroxylation is 1. The largest absolute Gasteiger partial charge is 0.437 e. The summed E-state index contributed by atoms with van der Waals surface area (Å²) in [5.74, 6) is -1.21. The zero-order valence-electron chi connectivity index (χ0n) is 14.6. The lowest BCUT2D eigenvalue weighted by atomic mass is 10.2. The number of rotatable bonds is 3. The van der Waals surface area contributed by atoms with E-state index in [-0.39, 0.29) is 23.0 Å². The van der Waals surface area contributed by atoms with Crippen LogP contribution < -0.4 is 5.32 Å². The molecule has 13 heteroatoms. The third-order valence-corrected chi connectivity index (χ3v) is 4.42. The molecule has 0 saturated heterocycles. The first-order valence-corrected chi connectivity index (χ1v) is 8.36. The monoisotopic (exact) mass is 418 g/mol. The minimum absolute atomic E-state index is 0.0698. The van der Waals surface area contributed by atoms with Gasteiger partial charge in [-0.2, -0.15) is 36.5 Å². The fourth-order valence-corrected chi connectivity index (χ4v) is 2.86. The number of hydrogen-bond donors (Lipinski definition) is 2. The molecule has 7 nitrogen and oxygen atoms in total. The average molecular weight is 418 g/mol. The lowest BCUT2D eigenvalue weighted by Gasteiger charge is -2.10. The zero-order chi connectivity index (χ0) is 21.1. The number of carbonyl (C=O) groups is 1. The quantitative estimate of drug-likeness (QED) is 0.631. The van der Waals surface area contributed by atoms with E-state index >= 15 is 0 Å². The predicted octanol–water partition coefficient (Wildman–Crippen LogP) is 3.93. The molecule has 1 aliphatic carbocycles. The van der Waals surface area contributed by atoms with Crippen LogP contribution in [0.25, 0.3) is 5.65 Å². The summed E-state index contributed by atoms with van der Waals surface area (Å²) < 4.78 is 79.7. The Labute approximate surface area is 158 Å². The second-order valence-corrected chi connectivity index (χ2v) is 6.66. The molecule has 3 heterocycles. The number of nitrogens with zero attached hydrogens (tertiary/aromatic N) is 4. The highest BCUT2D eigenvalue weighted by Crippen LogP contribution is 2.41. The summed E-state index contributed by atoms with van der Waals surface area (Å²) >= 11 is 0. The van der Waals surface area contributed by atoms with Gasteiger partial charge in [-0.15, -0.1) is 0 Å². The van der Waals surface area contributed by atoms with Crippen molar-refractivity contribution in [2.45, 2.75) is 38.0 Å². The number of halogens is 6. The fraction of sp³-hybridized carbons (Fsp3) is 0.375. The van der Waals surface area contributed by atoms with Crippen molar-refractivity contribution in [3.8, 4) is 0 Å². The maximum Gasteiger partial charge on any atom is 0.437 e. The fourth-order valence-electron chi connectivity index (χ4n) is 2.86. The first-order valence-electron chi connectivity index (χ1n) is 8.36. The van der Waals surface area contributed by atoms with E-state index in [1.54, 1.807) is 0 Å². The number of nitrogens with one attached hydrogen (secondary N) is 2. The SMILES string of the molecule is Cc1[nH]nc(C(F)(F)F)c1NC(=O)c1cc2nc(C3CC3)cc(C(F)(F)F)n2n1. The molecule has 3 aromatic heterocycles. The van der Waals surface area contributed by atoms with Crippen LogP contribution >= 0.6 is 0 Å². The number of amides is 1. The second-order valence-electron chi connectivity index (χ2n) is 6.66. The van der Waals surface area contributed by atoms with Crippen LogP contribution in [0.1, 0.15) is 52.0 Å². The summed E-state index contributed by atoms with van der Waals surface area (Å²) in [4.78, 5) is 16.5. The van der Waals surface area contributed by atoms with Gasteiger partial charge >= 0.3 is 12.4 Å². The molecule has 0 bridgehead atoms. The molecule has 1 saturated carbocycles. The van der Waals surface area contributed by atoms with Gasteiger partial charge in [-0.3, -0.25) is 9.89 Å². The number of carbonyl (C=O) groups excluding carboxylic acids is 1. The number of hydrogen-bond acceptors (Lipinski definition) is 4. The van der Waals surface area contributed by atoms with E-state index in [2.05, 4.69) is 20.3 Å². The summed E-state index contributed by atoms with van der Waals surface area (Å²) in [6.45, 7) is 1.26. The molecule has 0 aromatic carbocycles. The predicted molar refractivity (Wildman–Crippen MR) is 86.2 cm³/mol. The molecule has 1 aliphatic rings. The summed E-state index contributed by atoms with van der Waals surface area (Å²) in [6.07, 6.45) is -8.17. The van der Waals surface area contributed by atoms with Gasteiger partial charge in [0.1, 0.15) is 5.69 Å². The van der Waals surface area contributed by atoms with Crippen molar-refractivity contribution in [1.82, 2.24) is 24.8 Å². The minimum atomic E-state index is -4.84. The van der Waals surface area contributed by atoms with Gasteiger partial charge in [0.2, 0.25) is 0 Å². The van der Waals surface area contributed by atoms with E-state index in [1.165, 1.54) is 6.92 Å². The topological polar surface area (TPSA) is 88.0 Å². The van der Waals surface area contributed by atoms with Crippen LogP contribution in [0, 0.1) is 6.92 Å². The standard InChI is InChI=1S/C16H12F6N6O/c1-6-12(13(26-25-6)16(20,21)22)24-14(29)9-5-11-23-8(7-2-3-7)4-10(15(17,18)19)28(11)27-9/h4-5,7H,2-3H2,1H3,(H,24,29)(H,25,26). The smallest absolute Gasteiger partial charge is 0.317 e. The van der Waals surface area contributed by atoms with Crippen molar-refractivity contribution < 1.29 is 31.1 Å². The second kappa shape index (κ2) is 6.19. The lowest BCUT2D eigenvalue weighted by Crippen LogP contribution is -2.18. The van der Waals surface area contributed by atoms with Crippen molar-refractivity contribution >= 4 is 17.2 Å². The number of aromatic nitrogens is 5. The normalized spacial score (nSPS) is 15.1. The number of anilines is 1. The van der Waals surface area contributed by atoms with Crippen molar-refractivity contribution in [2.75, 3.05) is 5.32 Å². The zero-order valence-corrected chi connectivity index (χ0v) is 14.6. The van der Waals surface area contributed by atoms with E-state index in [1.807, 2.05) is 5.32 Å². The van der Waals surface area contributed by atoms with E-state index in [9.17, 15) is 31.1 Å². The molecule has 0 atom stereocenters. The molecular formula is C16H12F6N6O. The number of alkyl halides is 6. The number of H-pyrrole nitrogens is 1. The molecule has 0 radical (unpaired) electrons.